The van der Waals surface area contributed by atoms with Gasteiger partial charge < -0.3 is 57.7 Å². The minimum atomic E-state index is -1.33. The third-order valence-electron chi connectivity index (χ3n) is 11.4. The molecule has 0 aromatic heterocycles. The number of nitrogens with two attached hydrogens (primary N) is 2. The summed E-state index contributed by atoms with van der Waals surface area (Å²) in [6, 6.07) is 27.6. The van der Waals surface area contributed by atoms with E-state index in [0.29, 0.717) is 48.4 Å². The molecule has 10 N–H and O–H groups in total. The molecular weight excluding hydrogens is 859 g/mol. The number of carbonyl (C=O) groups is 7. The largest absolute Gasteiger partial charge is 0.489 e. The number of rotatable bonds is 15. The Hall–Kier alpha value is -7.31. The molecular formula is C49H59N9O9. The van der Waals surface area contributed by atoms with E-state index >= 15 is 4.79 Å². The monoisotopic (exact) mass is 917 g/mol. The van der Waals surface area contributed by atoms with Crippen molar-refractivity contribution in [3.63, 3.8) is 0 Å². The van der Waals surface area contributed by atoms with Crippen molar-refractivity contribution in [1.29, 1.82) is 0 Å². The van der Waals surface area contributed by atoms with Crippen LogP contribution in [-0.4, -0.2) is 109 Å². The molecule has 6 rings (SSSR count). The molecule has 4 aromatic rings. The molecule has 18 nitrogen and oxygen atoms in total. The third-order valence-corrected chi connectivity index (χ3v) is 11.4. The molecule has 0 saturated carbocycles. The minimum absolute atomic E-state index is 0.0281. The van der Waals surface area contributed by atoms with Crippen LogP contribution >= 0.6 is 0 Å². The fraction of sp³-hybridized carbons (Fsp3) is 0.367. The summed E-state index contributed by atoms with van der Waals surface area (Å²) < 4.78 is 11.6. The van der Waals surface area contributed by atoms with Crippen LogP contribution in [0.3, 0.4) is 0 Å². The van der Waals surface area contributed by atoms with Gasteiger partial charge in [0.15, 0.2) is 0 Å². The van der Waals surface area contributed by atoms with Crippen molar-refractivity contribution in [3.8, 4) is 5.75 Å². The van der Waals surface area contributed by atoms with Crippen LogP contribution in [0.5, 0.6) is 5.75 Å². The lowest BCUT2D eigenvalue weighted by atomic mass is 10.0. The fourth-order valence-corrected chi connectivity index (χ4v) is 7.91. The van der Waals surface area contributed by atoms with Crippen LogP contribution in [0.2, 0.25) is 0 Å². The first-order chi connectivity index (χ1) is 32.5. The van der Waals surface area contributed by atoms with E-state index in [0.717, 1.165) is 5.56 Å². The summed E-state index contributed by atoms with van der Waals surface area (Å²) in [7, 11) is 0. The maximum atomic E-state index is 15.0. The minimum Gasteiger partial charge on any atom is -0.489 e. The van der Waals surface area contributed by atoms with E-state index in [1.54, 1.807) is 84.9 Å². The number of ether oxygens (including phenoxy) is 2. The quantitative estimate of drug-likeness (QED) is 0.0788. The number of carbonyl (C=O) groups excluding carboxylic acids is 7. The van der Waals surface area contributed by atoms with Gasteiger partial charge in [0.05, 0.1) is 13.1 Å². The lowest BCUT2D eigenvalue weighted by Gasteiger charge is -2.31. The first-order valence-corrected chi connectivity index (χ1v) is 22.5. The number of unbranched alkanes of at least 4 members (excludes halogenated alkanes) is 1. The van der Waals surface area contributed by atoms with E-state index in [1.165, 1.54) is 4.90 Å². The number of amides is 7. The van der Waals surface area contributed by atoms with Crippen LogP contribution in [0.1, 0.15) is 54.0 Å². The second-order valence-electron chi connectivity index (χ2n) is 16.4. The molecule has 2 fully saturated rings. The van der Waals surface area contributed by atoms with Crippen LogP contribution in [0.25, 0.3) is 0 Å². The molecule has 0 aliphatic carbocycles. The van der Waals surface area contributed by atoms with Crippen LogP contribution in [0.4, 0.5) is 4.79 Å². The molecule has 0 bridgehead atoms. The summed E-state index contributed by atoms with van der Waals surface area (Å²) in [6.07, 6.45) is -0.843. The summed E-state index contributed by atoms with van der Waals surface area (Å²) in [4.78, 5) is 99.9. The molecule has 67 heavy (non-hydrogen) atoms. The van der Waals surface area contributed by atoms with E-state index in [4.69, 9.17) is 20.9 Å². The highest BCUT2D eigenvalue weighted by molar-refractivity contribution is 5.98. The number of nitrogens with zero attached hydrogens (tertiary/aromatic N) is 1. The van der Waals surface area contributed by atoms with E-state index in [1.807, 2.05) is 30.3 Å². The van der Waals surface area contributed by atoms with E-state index in [-0.39, 0.29) is 45.3 Å². The molecule has 6 atom stereocenters. The van der Waals surface area contributed by atoms with Crippen molar-refractivity contribution < 1.29 is 43.0 Å². The molecule has 18 heteroatoms. The van der Waals surface area contributed by atoms with Gasteiger partial charge in [-0.05, 0) is 60.2 Å². The number of hydrogen-bond acceptors (Lipinski definition) is 11. The van der Waals surface area contributed by atoms with Crippen molar-refractivity contribution in [2.45, 2.75) is 81.4 Å². The smallest absolute Gasteiger partial charge is 0.407 e. The first-order valence-electron chi connectivity index (χ1n) is 22.5. The SMILES string of the molecule is NCCCCC1NC(=O)CNC(=O)[C@H](c2ccccc2)NC(=O)C2C[C@@H](OC(=O)NCCN)CN2C(=O)C(Cc2ccccc2)NC(=O)C(Cc2ccc(OCc3ccccc3)cc2)NC1=O. The molecule has 7 amide bonds. The molecule has 2 aliphatic heterocycles. The molecule has 2 aliphatic rings. The van der Waals surface area contributed by atoms with Crippen molar-refractivity contribution in [3.05, 3.63) is 138 Å². The molecule has 2 saturated heterocycles. The standard InChI is InChI=1S/C49H59N9O9/c50-23-11-10-18-38-44(60)55-39(26-33-19-21-36(22-20-33)66-31-34-14-6-2-7-15-34)45(61)56-40(27-32-12-4-1-5-13-32)48(64)58-30-37(67-49(65)52-25-24-51)28-41(58)46(62)57-43(35-16-8-3-9-17-35)47(63)53-29-42(59)54-38/h1-9,12-17,19-22,37-41,43H,10-11,18,23-31,50-51H2,(H,52,65)(H,53,63)(H,54,59)(H,55,60)(H,56,61)(H,57,62)/t37-,38?,39?,40?,41?,43+/m1/s1. The Balaban J connectivity index is 1.36. The topological polar surface area (TPSA) is 265 Å². The van der Waals surface area contributed by atoms with Gasteiger partial charge in [-0.2, -0.15) is 0 Å². The van der Waals surface area contributed by atoms with Gasteiger partial charge in [-0.25, -0.2) is 4.79 Å². The van der Waals surface area contributed by atoms with Gasteiger partial charge in [-0.15, -0.1) is 0 Å². The van der Waals surface area contributed by atoms with Crippen molar-refractivity contribution in [2.75, 3.05) is 32.7 Å². The second kappa shape index (κ2) is 24.8. The highest BCUT2D eigenvalue weighted by Gasteiger charge is 2.45. The summed E-state index contributed by atoms with van der Waals surface area (Å²) in [5.41, 5.74) is 14.0. The first kappa shape index (κ1) is 49.1. The fourth-order valence-electron chi connectivity index (χ4n) is 7.91. The van der Waals surface area contributed by atoms with Gasteiger partial charge in [0.25, 0.3) is 0 Å². The highest BCUT2D eigenvalue weighted by Crippen LogP contribution is 2.25. The Morgan fingerprint density at radius 2 is 1.25 bits per heavy atom. The zero-order chi connectivity index (χ0) is 47.5. The maximum absolute atomic E-state index is 15.0. The van der Waals surface area contributed by atoms with Crippen LogP contribution in [0, 0.1) is 0 Å². The normalized spacial score (nSPS) is 21.9. The zero-order valence-corrected chi connectivity index (χ0v) is 37.2. The van der Waals surface area contributed by atoms with E-state index < -0.39 is 84.4 Å². The Labute approximate surface area is 389 Å². The zero-order valence-electron chi connectivity index (χ0n) is 37.2. The molecule has 4 aromatic carbocycles. The number of nitrogens with one attached hydrogen (secondary N) is 6. The highest BCUT2D eigenvalue weighted by atomic mass is 16.6. The third kappa shape index (κ3) is 14.6. The molecule has 354 valence electrons. The predicted molar refractivity (Wildman–Crippen MR) is 248 cm³/mol. The second-order valence-corrected chi connectivity index (χ2v) is 16.4. The summed E-state index contributed by atoms with van der Waals surface area (Å²) in [5.74, 6) is -3.68. The number of hydrogen-bond donors (Lipinski definition) is 8. The average Bonchev–Trinajstić information content (AvgIpc) is 3.77. The molecule has 4 unspecified atom stereocenters. The summed E-state index contributed by atoms with van der Waals surface area (Å²) >= 11 is 0. The van der Waals surface area contributed by atoms with E-state index in [9.17, 15) is 28.8 Å². The molecule has 0 radical (unpaired) electrons. The molecule has 2 heterocycles. The lowest BCUT2D eigenvalue weighted by Crippen LogP contribution is -2.60. The van der Waals surface area contributed by atoms with Crippen LogP contribution in [0.15, 0.2) is 115 Å². The van der Waals surface area contributed by atoms with Crippen molar-refractivity contribution >= 4 is 41.5 Å². The van der Waals surface area contributed by atoms with E-state index in [2.05, 4.69) is 31.9 Å². The number of benzene rings is 4. The number of alkyl carbamates (subject to hydrolysis) is 1. The van der Waals surface area contributed by atoms with Crippen molar-refractivity contribution in [1.82, 2.24) is 36.8 Å². The van der Waals surface area contributed by atoms with Gasteiger partial charge in [0, 0.05) is 32.4 Å². The predicted octanol–water partition coefficient (Wildman–Crippen LogP) is 1.28. The van der Waals surface area contributed by atoms with Gasteiger partial charge in [-0.3, -0.25) is 28.8 Å². The summed E-state index contributed by atoms with van der Waals surface area (Å²) in [5, 5.41) is 16.3. The average molecular weight is 918 g/mol. The molecule has 0 spiro atoms. The van der Waals surface area contributed by atoms with Gasteiger partial charge in [0.2, 0.25) is 35.4 Å². The summed E-state index contributed by atoms with van der Waals surface area (Å²) in [6.45, 7) is 0.133. The Morgan fingerprint density at radius 1 is 0.642 bits per heavy atom. The van der Waals surface area contributed by atoms with Gasteiger partial charge in [0.1, 0.15) is 48.7 Å². The Morgan fingerprint density at radius 3 is 1.93 bits per heavy atom. The van der Waals surface area contributed by atoms with Crippen LogP contribution in [-0.2, 0) is 53.0 Å². The maximum Gasteiger partial charge on any atom is 0.407 e. The van der Waals surface area contributed by atoms with Gasteiger partial charge in [-0.1, -0.05) is 103 Å². The van der Waals surface area contributed by atoms with Crippen LogP contribution < -0.4 is 48.1 Å². The Bertz CT molecular complexity index is 2290. The lowest BCUT2D eigenvalue weighted by molar-refractivity contribution is -0.142. The number of fused-ring (bicyclic) bond motifs is 1. The van der Waals surface area contributed by atoms with Gasteiger partial charge >= 0.3 is 6.09 Å². The van der Waals surface area contributed by atoms with Crippen molar-refractivity contribution in [2.24, 2.45) is 11.5 Å². The Kier molecular flexibility index (Phi) is 18.2.